The van der Waals surface area contributed by atoms with Gasteiger partial charge in [-0.3, -0.25) is 0 Å². The standard InChI is InChI=1S/C21H26N4O3/c1-27-18-5-3-4-16(20(18)28-2)17-12-22-25-11-10-19(24-21(17)25)23-15-8-6-14(13-26)7-9-15/h3-5,10-12,14-15,26H,6-9,13H2,1-2H3,(H,23,24). The molecule has 0 atom stereocenters. The lowest BCUT2D eigenvalue weighted by molar-refractivity contribution is 0.185. The third kappa shape index (κ3) is 3.49. The Morgan fingerprint density at radius 2 is 1.93 bits per heavy atom. The molecule has 2 N–H and O–H groups in total. The highest BCUT2D eigenvalue weighted by Gasteiger charge is 2.21. The summed E-state index contributed by atoms with van der Waals surface area (Å²) in [4.78, 5) is 4.82. The number of aliphatic hydroxyl groups is 1. The Bertz CT molecular complexity index is 948. The Morgan fingerprint density at radius 1 is 1.11 bits per heavy atom. The van der Waals surface area contributed by atoms with Crippen molar-refractivity contribution in [2.45, 2.75) is 31.7 Å². The van der Waals surface area contributed by atoms with E-state index in [0.29, 0.717) is 30.1 Å². The number of aliphatic hydroxyl groups excluding tert-OH is 1. The highest BCUT2D eigenvalue weighted by atomic mass is 16.5. The fourth-order valence-electron chi connectivity index (χ4n) is 3.94. The van der Waals surface area contributed by atoms with Gasteiger partial charge in [0.2, 0.25) is 0 Å². The van der Waals surface area contributed by atoms with Crippen LogP contribution in [0.25, 0.3) is 16.8 Å². The van der Waals surface area contributed by atoms with E-state index in [9.17, 15) is 5.11 Å². The molecule has 0 spiro atoms. The summed E-state index contributed by atoms with van der Waals surface area (Å²) < 4.78 is 12.8. The molecule has 0 unspecified atom stereocenters. The molecule has 3 aromatic rings. The largest absolute Gasteiger partial charge is 0.493 e. The van der Waals surface area contributed by atoms with Crippen molar-refractivity contribution in [2.75, 3.05) is 26.1 Å². The van der Waals surface area contributed by atoms with Crippen LogP contribution in [0.3, 0.4) is 0 Å². The van der Waals surface area contributed by atoms with Crippen LogP contribution in [0.4, 0.5) is 5.82 Å². The highest BCUT2D eigenvalue weighted by Crippen LogP contribution is 2.39. The minimum atomic E-state index is 0.290. The number of rotatable bonds is 6. The second kappa shape index (κ2) is 8.06. The van der Waals surface area contributed by atoms with E-state index in [-0.39, 0.29) is 0 Å². The van der Waals surface area contributed by atoms with Gasteiger partial charge in [-0.15, -0.1) is 0 Å². The van der Waals surface area contributed by atoms with Crippen molar-refractivity contribution in [3.05, 3.63) is 36.7 Å². The van der Waals surface area contributed by atoms with Gasteiger partial charge in [-0.25, -0.2) is 9.50 Å². The van der Waals surface area contributed by atoms with Crippen molar-refractivity contribution in [2.24, 2.45) is 5.92 Å². The molecule has 7 heteroatoms. The molecule has 2 heterocycles. The Balaban J connectivity index is 1.64. The lowest BCUT2D eigenvalue weighted by Crippen LogP contribution is -2.27. The first-order valence-electron chi connectivity index (χ1n) is 9.66. The van der Waals surface area contributed by atoms with Crippen LogP contribution in [-0.4, -0.2) is 46.6 Å². The maximum absolute atomic E-state index is 9.32. The van der Waals surface area contributed by atoms with Gasteiger partial charge < -0.3 is 19.9 Å². The van der Waals surface area contributed by atoms with Crippen molar-refractivity contribution in [3.63, 3.8) is 0 Å². The van der Waals surface area contributed by atoms with Gasteiger partial charge in [0.15, 0.2) is 17.1 Å². The van der Waals surface area contributed by atoms with Crippen LogP contribution in [0.15, 0.2) is 36.7 Å². The molecule has 1 fully saturated rings. The number of ether oxygens (including phenoxy) is 2. The van der Waals surface area contributed by atoms with Crippen LogP contribution < -0.4 is 14.8 Å². The number of anilines is 1. The van der Waals surface area contributed by atoms with E-state index >= 15 is 0 Å². The zero-order valence-electron chi connectivity index (χ0n) is 16.3. The molecule has 28 heavy (non-hydrogen) atoms. The summed E-state index contributed by atoms with van der Waals surface area (Å²) in [7, 11) is 3.26. The molecular weight excluding hydrogens is 356 g/mol. The first kappa shape index (κ1) is 18.6. The van der Waals surface area contributed by atoms with Crippen LogP contribution in [0.2, 0.25) is 0 Å². The zero-order chi connectivity index (χ0) is 19.5. The number of methoxy groups -OCH3 is 2. The molecule has 0 saturated heterocycles. The monoisotopic (exact) mass is 382 g/mol. The Morgan fingerprint density at radius 3 is 2.64 bits per heavy atom. The summed E-state index contributed by atoms with van der Waals surface area (Å²) in [5.74, 6) is 2.62. The molecular formula is C21H26N4O3. The lowest BCUT2D eigenvalue weighted by Gasteiger charge is -2.28. The van der Waals surface area contributed by atoms with Crippen molar-refractivity contribution in [3.8, 4) is 22.6 Å². The summed E-state index contributed by atoms with van der Waals surface area (Å²) in [6.07, 6.45) is 7.92. The maximum atomic E-state index is 9.32. The number of nitrogens with zero attached hydrogens (tertiary/aromatic N) is 3. The predicted molar refractivity (Wildman–Crippen MR) is 108 cm³/mol. The number of benzene rings is 1. The summed E-state index contributed by atoms with van der Waals surface area (Å²) in [5.41, 5.74) is 2.55. The minimum absolute atomic E-state index is 0.290. The quantitative estimate of drug-likeness (QED) is 0.680. The second-order valence-corrected chi connectivity index (χ2v) is 7.22. The number of aromatic nitrogens is 3. The van der Waals surface area contributed by atoms with Crippen molar-refractivity contribution in [1.82, 2.24) is 14.6 Å². The summed E-state index contributed by atoms with van der Waals surface area (Å²) >= 11 is 0. The van der Waals surface area contributed by atoms with Crippen LogP contribution in [0.5, 0.6) is 11.5 Å². The Hall–Kier alpha value is -2.80. The Kier molecular flexibility index (Phi) is 5.34. The van der Waals surface area contributed by atoms with E-state index in [1.807, 2.05) is 30.5 Å². The zero-order valence-corrected chi connectivity index (χ0v) is 16.3. The van der Waals surface area contributed by atoms with Gasteiger partial charge >= 0.3 is 0 Å². The van der Waals surface area contributed by atoms with Crippen LogP contribution in [0.1, 0.15) is 25.7 Å². The van der Waals surface area contributed by atoms with Gasteiger partial charge in [-0.05, 0) is 43.7 Å². The average Bonchev–Trinajstić information content (AvgIpc) is 3.16. The molecule has 4 rings (SSSR count). The van der Waals surface area contributed by atoms with Gasteiger partial charge in [-0.1, -0.05) is 12.1 Å². The summed E-state index contributed by atoms with van der Waals surface area (Å²) in [5, 5.41) is 17.3. The van der Waals surface area contributed by atoms with Crippen LogP contribution in [-0.2, 0) is 0 Å². The normalized spacial score (nSPS) is 19.5. The average molecular weight is 382 g/mol. The lowest BCUT2D eigenvalue weighted by atomic mass is 9.86. The van der Waals surface area contributed by atoms with Gasteiger partial charge in [0.25, 0.3) is 0 Å². The van der Waals surface area contributed by atoms with Gasteiger partial charge in [0.05, 0.1) is 26.0 Å². The van der Waals surface area contributed by atoms with Crippen LogP contribution >= 0.6 is 0 Å². The third-order valence-electron chi connectivity index (χ3n) is 5.52. The second-order valence-electron chi connectivity index (χ2n) is 7.22. The SMILES string of the molecule is COc1cccc(-c2cnn3ccc(NC4CCC(CO)CC4)nc23)c1OC. The molecule has 7 nitrogen and oxygen atoms in total. The van der Waals surface area contributed by atoms with Gasteiger partial charge in [-0.2, -0.15) is 5.10 Å². The molecule has 0 aliphatic heterocycles. The van der Waals surface area contributed by atoms with Crippen molar-refractivity contribution >= 4 is 11.5 Å². The number of hydrogen-bond donors (Lipinski definition) is 2. The maximum Gasteiger partial charge on any atom is 0.168 e. The Labute approximate surface area is 164 Å². The highest BCUT2D eigenvalue weighted by molar-refractivity contribution is 5.83. The van der Waals surface area contributed by atoms with E-state index in [1.54, 1.807) is 24.9 Å². The minimum Gasteiger partial charge on any atom is -0.493 e. The summed E-state index contributed by atoms with van der Waals surface area (Å²) in [6, 6.07) is 8.12. The third-order valence-corrected chi connectivity index (χ3v) is 5.52. The number of hydrogen-bond acceptors (Lipinski definition) is 6. The molecule has 148 valence electrons. The molecule has 0 radical (unpaired) electrons. The molecule has 2 aromatic heterocycles. The number of fused-ring (bicyclic) bond motifs is 1. The molecule has 1 saturated carbocycles. The predicted octanol–water partition coefficient (Wildman–Crippen LogP) is 3.38. The topological polar surface area (TPSA) is 80.9 Å². The van der Waals surface area contributed by atoms with E-state index in [0.717, 1.165) is 48.3 Å². The number of nitrogens with one attached hydrogen (secondary N) is 1. The van der Waals surface area contributed by atoms with Crippen LogP contribution in [0, 0.1) is 5.92 Å². The van der Waals surface area contributed by atoms with E-state index in [4.69, 9.17) is 14.5 Å². The molecule has 1 aliphatic carbocycles. The van der Waals surface area contributed by atoms with E-state index in [2.05, 4.69) is 10.4 Å². The smallest absolute Gasteiger partial charge is 0.168 e. The fraction of sp³-hybridized carbons (Fsp3) is 0.429. The van der Waals surface area contributed by atoms with Gasteiger partial charge in [0, 0.05) is 24.4 Å². The molecule has 1 aliphatic rings. The van der Waals surface area contributed by atoms with Crippen molar-refractivity contribution < 1.29 is 14.6 Å². The molecule has 0 bridgehead atoms. The van der Waals surface area contributed by atoms with E-state index in [1.165, 1.54) is 0 Å². The summed E-state index contributed by atoms with van der Waals surface area (Å²) in [6.45, 7) is 0.290. The molecule has 0 amide bonds. The fourth-order valence-corrected chi connectivity index (χ4v) is 3.94. The van der Waals surface area contributed by atoms with Gasteiger partial charge in [0.1, 0.15) is 5.82 Å². The number of para-hydroxylation sites is 1. The first-order chi connectivity index (χ1) is 13.7. The van der Waals surface area contributed by atoms with Crippen molar-refractivity contribution in [1.29, 1.82) is 0 Å². The first-order valence-corrected chi connectivity index (χ1v) is 9.66. The molecule has 1 aromatic carbocycles. The van der Waals surface area contributed by atoms with E-state index < -0.39 is 0 Å².